The van der Waals surface area contributed by atoms with Crippen LogP contribution < -0.4 is 4.18 Å². The second-order valence-electron chi connectivity index (χ2n) is 8.74. The van der Waals surface area contributed by atoms with Crippen LogP contribution in [-0.2, 0) is 20.3 Å². The molecule has 0 spiro atoms. The highest BCUT2D eigenvalue weighted by molar-refractivity contribution is 7.87. The fourth-order valence-corrected chi connectivity index (χ4v) is 4.36. The van der Waals surface area contributed by atoms with Crippen LogP contribution in [0.25, 0.3) is 0 Å². The summed E-state index contributed by atoms with van der Waals surface area (Å²) in [5.41, 5.74) is 1.31. The first-order valence-corrected chi connectivity index (χ1v) is 11.8. The summed E-state index contributed by atoms with van der Waals surface area (Å²) in [6.45, 7) is 6.25. The van der Waals surface area contributed by atoms with E-state index in [0.717, 1.165) is 17.7 Å². The van der Waals surface area contributed by atoms with E-state index in [-0.39, 0.29) is 34.1 Å². The Morgan fingerprint density at radius 3 is 2.12 bits per heavy atom. The van der Waals surface area contributed by atoms with Crippen LogP contribution in [0, 0.1) is 11.6 Å². The highest BCUT2D eigenvalue weighted by atomic mass is 32.2. The van der Waals surface area contributed by atoms with Crippen molar-refractivity contribution in [1.82, 2.24) is 0 Å². The fourth-order valence-electron chi connectivity index (χ4n) is 3.43. The molecule has 0 aliphatic carbocycles. The van der Waals surface area contributed by atoms with Crippen LogP contribution in [0.15, 0.2) is 76.6 Å². The van der Waals surface area contributed by atoms with Crippen molar-refractivity contribution >= 4 is 16.0 Å². The zero-order chi connectivity index (χ0) is 23.8. The number of hydrogen-bond donors (Lipinski definition) is 0. The van der Waals surface area contributed by atoms with E-state index in [4.69, 9.17) is 8.92 Å². The smallest absolute Gasteiger partial charge is 0.339 e. The molecule has 0 amide bonds. The van der Waals surface area contributed by atoms with Crippen molar-refractivity contribution in [2.24, 2.45) is 4.99 Å². The van der Waals surface area contributed by atoms with E-state index in [1.165, 1.54) is 30.3 Å². The number of halogens is 2. The van der Waals surface area contributed by atoms with Crippen molar-refractivity contribution in [3.8, 4) is 5.75 Å². The van der Waals surface area contributed by atoms with Gasteiger partial charge in [0.2, 0.25) is 5.90 Å². The molecule has 0 fully saturated rings. The Morgan fingerprint density at radius 1 is 0.939 bits per heavy atom. The molecule has 4 rings (SSSR count). The van der Waals surface area contributed by atoms with Crippen LogP contribution in [-0.4, -0.2) is 20.9 Å². The molecular weight excluding hydrogens is 448 g/mol. The van der Waals surface area contributed by atoms with Gasteiger partial charge in [0, 0.05) is 0 Å². The summed E-state index contributed by atoms with van der Waals surface area (Å²) >= 11 is 0. The van der Waals surface area contributed by atoms with Gasteiger partial charge in [-0.2, -0.15) is 8.42 Å². The molecule has 1 heterocycles. The number of aliphatic imine (C=N–C) groups is 1. The van der Waals surface area contributed by atoms with Gasteiger partial charge in [-0.05, 0) is 52.9 Å². The lowest BCUT2D eigenvalue weighted by atomic mass is 9.87. The van der Waals surface area contributed by atoms with Gasteiger partial charge in [0.05, 0.1) is 0 Å². The zero-order valence-electron chi connectivity index (χ0n) is 18.4. The maximum Gasteiger partial charge on any atom is 0.339 e. The summed E-state index contributed by atoms with van der Waals surface area (Å²) in [4.78, 5) is 4.35. The molecular formula is C25H23F2NO4S. The van der Waals surface area contributed by atoms with Gasteiger partial charge in [-0.25, -0.2) is 13.8 Å². The Balaban J connectivity index is 1.49. The van der Waals surface area contributed by atoms with Gasteiger partial charge in [-0.15, -0.1) is 0 Å². The number of hydrogen-bond acceptors (Lipinski definition) is 5. The first-order chi connectivity index (χ1) is 15.5. The molecule has 0 bridgehead atoms. The van der Waals surface area contributed by atoms with Crippen LogP contribution in [0.3, 0.4) is 0 Å². The van der Waals surface area contributed by atoms with E-state index in [9.17, 15) is 17.2 Å². The van der Waals surface area contributed by atoms with Crippen LogP contribution in [0.4, 0.5) is 8.78 Å². The molecule has 1 aliphatic heterocycles. The van der Waals surface area contributed by atoms with Gasteiger partial charge in [-0.3, -0.25) is 0 Å². The molecule has 8 heteroatoms. The maximum atomic E-state index is 14.0. The molecule has 5 nitrogen and oxygen atoms in total. The molecule has 0 saturated heterocycles. The van der Waals surface area contributed by atoms with E-state index < -0.39 is 27.8 Å². The molecule has 172 valence electrons. The Kier molecular flexibility index (Phi) is 5.97. The first-order valence-electron chi connectivity index (χ1n) is 10.3. The molecule has 33 heavy (non-hydrogen) atoms. The van der Waals surface area contributed by atoms with Crippen molar-refractivity contribution in [2.45, 2.75) is 37.1 Å². The molecule has 0 radical (unpaired) electrons. The maximum absolute atomic E-state index is 14.0. The average Bonchev–Trinajstić information content (AvgIpc) is 3.23. The SMILES string of the molecule is CC(C)(C)c1ccc(S(=O)(=O)Oc2ccc(C3COC(c4c(F)cccc4F)=N3)cc2)cc1. The van der Waals surface area contributed by atoms with E-state index in [1.54, 1.807) is 24.3 Å². The predicted molar refractivity (Wildman–Crippen MR) is 121 cm³/mol. The lowest BCUT2D eigenvalue weighted by Gasteiger charge is -2.19. The van der Waals surface area contributed by atoms with Gasteiger partial charge in [0.1, 0.15) is 40.5 Å². The Bertz CT molecular complexity index is 1280. The largest absolute Gasteiger partial charge is 0.475 e. The van der Waals surface area contributed by atoms with E-state index in [0.29, 0.717) is 5.56 Å². The minimum absolute atomic E-state index is 0.0601. The van der Waals surface area contributed by atoms with Crippen molar-refractivity contribution < 1.29 is 26.1 Å². The summed E-state index contributed by atoms with van der Waals surface area (Å²) in [5.74, 6) is -1.46. The quantitative estimate of drug-likeness (QED) is 0.458. The van der Waals surface area contributed by atoms with Crippen LogP contribution in [0.1, 0.15) is 43.5 Å². The molecule has 3 aromatic rings. The fraction of sp³-hybridized carbons (Fsp3) is 0.240. The monoisotopic (exact) mass is 471 g/mol. The standard InChI is InChI=1S/C25H23F2NO4S/c1-25(2,3)17-9-13-19(14-10-17)33(29,30)32-18-11-7-16(8-12-18)22-15-31-24(28-22)23-20(26)5-4-6-21(23)27/h4-14,22H,15H2,1-3H3. The van der Waals surface area contributed by atoms with E-state index >= 15 is 0 Å². The van der Waals surface area contributed by atoms with Gasteiger partial charge < -0.3 is 8.92 Å². The third kappa shape index (κ3) is 4.90. The average molecular weight is 472 g/mol. The summed E-state index contributed by atoms with van der Waals surface area (Å²) in [6, 6.07) is 16.0. The van der Waals surface area contributed by atoms with Crippen molar-refractivity contribution in [2.75, 3.05) is 6.61 Å². The minimum atomic E-state index is -4.00. The highest BCUT2D eigenvalue weighted by Gasteiger charge is 2.26. The van der Waals surface area contributed by atoms with Gasteiger partial charge in [-0.1, -0.05) is 51.1 Å². The van der Waals surface area contributed by atoms with Crippen LogP contribution in [0.5, 0.6) is 5.75 Å². The number of ether oxygens (including phenoxy) is 1. The molecule has 1 aliphatic rings. The van der Waals surface area contributed by atoms with Crippen molar-refractivity contribution in [1.29, 1.82) is 0 Å². The van der Waals surface area contributed by atoms with Gasteiger partial charge in [0.25, 0.3) is 0 Å². The molecule has 1 unspecified atom stereocenters. The second-order valence-corrected chi connectivity index (χ2v) is 10.3. The lowest BCUT2D eigenvalue weighted by molar-refractivity contribution is 0.317. The van der Waals surface area contributed by atoms with Gasteiger partial charge >= 0.3 is 10.1 Å². The number of rotatable bonds is 5. The highest BCUT2D eigenvalue weighted by Crippen LogP contribution is 2.29. The third-order valence-corrected chi connectivity index (χ3v) is 6.57. The Morgan fingerprint density at radius 2 is 1.55 bits per heavy atom. The molecule has 0 N–H and O–H groups in total. The van der Waals surface area contributed by atoms with E-state index in [2.05, 4.69) is 4.99 Å². The van der Waals surface area contributed by atoms with Crippen LogP contribution >= 0.6 is 0 Å². The Labute approximate surface area is 191 Å². The first kappa shape index (κ1) is 22.9. The van der Waals surface area contributed by atoms with Crippen LogP contribution in [0.2, 0.25) is 0 Å². The van der Waals surface area contributed by atoms with Crippen molar-refractivity contribution in [3.63, 3.8) is 0 Å². The summed E-state index contributed by atoms with van der Waals surface area (Å²) in [5, 5.41) is 0. The summed E-state index contributed by atoms with van der Waals surface area (Å²) in [7, 11) is -4.00. The third-order valence-electron chi connectivity index (χ3n) is 5.31. The second kappa shape index (κ2) is 8.59. The molecule has 0 saturated carbocycles. The number of nitrogens with zero attached hydrogens (tertiary/aromatic N) is 1. The predicted octanol–water partition coefficient (Wildman–Crippen LogP) is 5.55. The normalized spacial score (nSPS) is 16.3. The molecule has 1 atom stereocenters. The minimum Gasteiger partial charge on any atom is -0.475 e. The summed E-state index contributed by atoms with van der Waals surface area (Å²) in [6.07, 6.45) is 0. The summed E-state index contributed by atoms with van der Waals surface area (Å²) < 4.78 is 63.9. The van der Waals surface area contributed by atoms with E-state index in [1.807, 2.05) is 20.8 Å². The zero-order valence-corrected chi connectivity index (χ0v) is 19.2. The Hall–Kier alpha value is -3.26. The number of benzene rings is 3. The van der Waals surface area contributed by atoms with Crippen molar-refractivity contribution in [3.05, 3.63) is 95.1 Å². The molecule has 0 aromatic heterocycles. The topological polar surface area (TPSA) is 65.0 Å². The lowest BCUT2D eigenvalue weighted by Crippen LogP contribution is -2.13. The van der Waals surface area contributed by atoms with Gasteiger partial charge in [0.15, 0.2) is 0 Å². The molecule has 3 aromatic carbocycles.